The molecule has 188 valence electrons. The molecule has 1 saturated heterocycles. The average Bonchev–Trinajstić information content (AvgIpc) is 3.38. The third-order valence-corrected chi connectivity index (χ3v) is 7.35. The van der Waals surface area contributed by atoms with Crippen molar-refractivity contribution < 1.29 is 14.3 Å². The van der Waals surface area contributed by atoms with E-state index in [1.165, 1.54) is 4.57 Å². The third kappa shape index (κ3) is 4.56. The molecule has 10 heteroatoms. The molecule has 2 aliphatic heterocycles. The highest BCUT2D eigenvalue weighted by atomic mass is 35.5. The Labute approximate surface area is 222 Å². The molecule has 0 aliphatic carbocycles. The number of carbonyl (C=O) groups is 1. The molecule has 8 nitrogen and oxygen atoms in total. The summed E-state index contributed by atoms with van der Waals surface area (Å²) in [5.74, 6) is 1.12. The van der Waals surface area contributed by atoms with Gasteiger partial charge < -0.3 is 24.3 Å². The molecular weight excluding hydrogens is 512 g/mol. The Kier molecular flexibility index (Phi) is 6.10. The van der Waals surface area contributed by atoms with E-state index in [1.54, 1.807) is 24.3 Å². The highest BCUT2D eigenvalue weighted by Crippen LogP contribution is 2.34. The van der Waals surface area contributed by atoms with Crippen LogP contribution in [0.1, 0.15) is 15.9 Å². The van der Waals surface area contributed by atoms with E-state index in [1.807, 2.05) is 41.3 Å². The van der Waals surface area contributed by atoms with Crippen molar-refractivity contribution in [1.82, 2.24) is 14.5 Å². The Morgan fingerprint density at radius 3 is 2.32 bits per heavy atom. The predicted octanol–water partition coefficient (Wildman–Crippen LogP) is 4.45. The second kappa shape index (κ2) is 9.57. The Balaban J connectivity index is 1.15. The molecule has 6 rings (SSSR count). The minimum absolute atomic E-state index is 0.00135. The lowest BCUT2D eigenvalue weighted by molar-refractivity contribution is 0.0746. The van der Waals surface area contributed by atoms with Crippen molar-refractivity contribution in [2.24, 2.45) is 0 Å². The molecule has 1 fully saturated rings. The molecule has 0 unspecified atom stereocenters. The van der Waals surface area contributed by atoms with E-state index in [9.17, 15) is 9.59 Å². The number of ether oxygens (including phenoxy) is 2. The summed E-state index contributed by atoms with van der Waals surface area (Å²) in [6.07, 6.45) is 0. The van der Waals surface area contributed by atoms with Gasteiger partial charge in [-0.2, -0.15) is 0 Å². The van der Waals surface area contributed by atoms with Crippen LogP contribution in [0.15, 0.2) is 65.5 Å². The SMILES string of the molecule is O=C(c1ccc(Cn2c(=S)[nH]c3cc4c(cc3c2=O)OCO4)cc1)N1CCN(c2ccc(Cl)cc2)CC1. The molecule has 2 aliphatic rings. The lowest BCUT2D eigenvalue weighted by Crippen LogP contribution is -2.48. The Bertz CT molecular complexity index is 1610. The van der Waals surface area contributed by atoms with Gasteiger partial charge in [-0.25, -0.2) is 0 Å². The summed E-state index contributed by atoms with van der Waals surface area (Å²) in [5.41, 5.74) is 2.98. The smallest absolute Gasteiger partial charge is 0.262 e. The number of hydrogen-bond donors (Lipinski definition) is 1. The number of aromatic amines is 1. The topological polar surface area (TPSA) is 79.8 Å². The number of rotatable bonds is 4. The number of aromatic nitrogens is 2. The van der Waals surface area contributed by atoms with Crippen LogP contribution >= 0.6 is 23.8 Å². The fourth-order valence-electron chi connectivity index (χ4n) is 4.72. The third-order valence-electron chi connectivity index (χ3n) is 6.78. The van der Waals surface area contributed by atoms with Crippen molar-refractivity contribution in [3.63, 3.8) is 0 Å². The van der Waals surface area contributed by atoms with Crippen molar-refractivity contribution in [3.05, 3.63) is 91.9 Å². The first-order chi connectivity index (χ1) is 18.0. The van der Waals surface area contributed by atoms with Crippen molar-refractivity contribution in [2.45, 2.75) is 6.54 Å². The second-order valence-corrected chi connectivity index (χ2v) is 9.85. The minimum Gasteiger partial charge on any atom is -0.454 e. The van der Waals surface area contributed by atoms with Crippen LogP contribution < -0.4 is 19.9 Å². The number of fused-ring (bicyclic) bond motifs is 2. The van der Waals surface area contributed by atoms with Crippen LogP contribution in [-0.4, -0.2) is 53.3 Å². The van der Waals surface area contributed by atoms with Gasteiger partial charge in [-0.05, 0) is 60.2 Å². The maximum absolute atomic E-state index is 13.2. The predicted molar refractivity (Wildman–Crippen MR) is 145 cm³/mol. The van der Waals surface area contributed by atoms with Gasteiger partial charge in [0, 0.05) is 48.5 Å². The highest BCUT2D eigenvalue weighted by Gasteiger charge is 2.22. The van der Waals surface area contributed by atoms with Gasteiger partial charge in [-0.15, -0.1) is 0 Å². The number of nitrogens with one attached hydrogen (secondary N) is 1. The van der Waals surface area contributed by atoms with Crippen molar-refractivity contribution in [1.29, 1.82) is 0 Å². The van der Waals surface area contributed by atoms with E-state index < -0.39 is 0 Å². The summed E-state index contributed by atoms with van der Waals surface area (Å²) in [7, 11) is 0. The number of carbonyl (C=O) groups excluding carboxylic acids is 1. The fourth-order valence-corrected chi connectivity index (χ4v) is 5.11. The van der Waals surface area contributed by atoms with Gasteiger partial charge in [0.25, 0.3) is 11.5 Å². The largest absolute Gasteiger partial charge is 0.454 e. The molecular formula is C27H23ClN4O4S. The van der Waals surface area contributed by atoms with Gasteiger partial charge in [-0.1, -0.05) is 23.7 Å². The number of H-pyrrole nitrogens is 1. The first kappa shape index (κ1) is 23.6. The van der Waals surface area contributed by atoms with Crippen LogP contribution in [0, 0.1) is 4.77 Å². The summed E-state index contributed by atoms with van der Waals surface area (Å²) in [5, 5.41) is 1.18. The van der Waals surface area contributed by atoms with Crippen LogP contribution in [0.5, 0.6) is 11.5 Å². The lowest BCUT2D eigenvalue weighted by Gasteiger charge is -2.36. The van der Waals surface area contributed by atoms with Gasteiger partial charge in [-0.3, -0.25) is 14.2 Å². The zero-order valence-electron chi connectivity index (χ0n) is 19.8. The molecule has 0 bridgehead atoms. The summed E-state index contributed by atoms with van der Waals surface area (Å²) >= 11 is 11.5. The molecule has 0 saturated carbocycles. The zero-order valence-corrected chi connectivity index (χ0v) is 21.3. The number of hydrogen-bond acceptors (Lipinski definition) is 6. The molecule has 0 atom stereocenters. The van der Waals surface area contributed by atoms with E-state index in [-0.39, 0.29) is 24.8 Å². The number of benzene rings is 3. The summed E-state index contributed by atoms with van der Waals surface area (Å²) in [4.78, 5) is 33.5. The molecule has 0 spiro atoms. The molecule has 4 aromatic rings. The second-order valence-electron chi connectivity index (χ2n) is 9.03. The summed E-state index contributed by atoms with van der Waals surface area (Å²) in [6.45, 7) is 3.21. The Morgan fingerprint density at radius 1 is 0.946 bits per heavy atom. The first-order valence-corrected chi connectivity index (χ1v) is 12.7. The van der Waals surface area contributed by atoms with Gasteiger partial charge in [0.1, 0.15) is 0 Å². The maximum atomic E-state index is 13.2. The number of halogens is 1. The zero-order chi connectivity index (χ0) is 25.5. The molecule has 1 N–H and O–H groups in total. The van der Waals surface area contributed by atoms with Crippen molar-refractivity contribution in [2.75, 3.05) is 37.9 Å². The van der Waals surface area contributed by atoms with Crippen molar-refractivity contribution >= 4 is 46.3 Å². The van der Waals surface area contributed by atoms with Gasteiger partial charge in [0.2, 0.25) is 6.79 Å². The van der Waals surface area contributed by atoms with E-state index in [2.05, 4.69) is 9.88 Å². The fraction of sp³-hybridized carbons (Fsp3) is 0.222. The molecule has 1 aromatic heterocycles. The highest BCUT2D eigenvalue weighted by molar-refractivity contribution is 7.71. The normalized spacial score (nSPS) is 14.8. The quantitative estimate of drug-likeness (QED) is 0.390. The molecule has 0 radical (unpaired) electrons. The minimum atomic E-state index is -0.212. The van der Waals surface area contributed by atoms with Crippen LogP contribution in [0.2, 0.25) is 5.02 Å². The summed E-state index contributed by atoms with van der Waals surface area (Å²) in [6, 6.07) is 18.5. The van der Waals surface area contributed by atoms with Crippen LogP contribution in [0.25, 0.3) is 10.9 Å². The van der Waals surface area contributed by atoms with Crippen molar-refractivity contribution in [3.8, 4) is 11.5 Å². The molecule has 37 heavy (non-hydrogen) atoms. The Hall–Kier alpha value is -3.82. The monoisotopic (exact) mass is 534 g/mol. The molecule has 3 aromatic carbocycles. The average molecular weight is 535 g/mol. The van der Waals surface area contributed by atoms with E-state index in [4.69, 9.17) is 33.3 Å². The first-order valence-electron chi connectivity index (χ1n) is 11.9. The molecule has 3 heterocycles. The van der Waals surface area contributed by atoms with Gasteiger partial charge >= 0.3 is 0 Å². The van der Waals surface area contributed by atoms with E-state index in [0.717, 1.165) is 24.3 Å². The molecule has 1 amide bonds. The number of piperazine rings is 1. The van der Waals surface area contributed by atoms with Gasteiger partial charge in [0.15, 0.2) is 16.3 Å². The van der Waals surface area contributed by atoms with Crippen LogP contribution in [-0.2, 0) is 6.54 Å². The number of anilines is 1. The van der Waals surface area contributed by atoms with E-state index >= 15 is 0 Å². The number of nitrogens with zero attached hydrogens (tertiary/aromatic N) is 3. The maximum Gasteiger partial charge on any atom is 0.262 e. The Morgan fingerprint density at radius 2 is 1.62 bits per heavy atom. The number of amides is 1. The lowest BCUT2D eigenvalue weighted by atomic mass is 10.1. The van der Waals surface area contributed by atoms with Crippen LogP contribution in [0.3, 0.4) is 0 Å². The standard InChI is InChI=1S/C27H23ClN4O4S/c28-19-5-7-20(8-6-19)30-9-11-31(12-10-30)25(33)18-3-1-17(2-4-18)15-32-26(34)21-13-23-24(36-16-35-23)14-22(21)29-27(32)37/h1-8,13-14H,9-12,15-16H2,(H,29,37). The van der Waals surface area contributed by atoms with E-state index in [0.29, 0.717) is 50.8 Å². The van der Waals surface area contributed by atoms with Crippen LogP contribution in [0.4, 0.5) is 5.69 Å². The van der Waals surface area contributed by atoms with Gasteiger partial charge in [0.05, 0.1) is 17.4 Å². The summed E-state index contributed by atoms with van der Waals surface area (Å²) < 4.78 is 12.6.